The van der Waals surface area contributed by atoms with Gasteiger partial charge in [-0.2, -0.15) is 0 Å². The van der Waals surface area contributed by atoms with Crippen LogP contribution in [0.2, 0.25) is 0 Å². The van der Waals surface area contributed by atoms with Crippen molar-refractivity contribution in [1.29, 1.82) is 0 Å². The molecule has 0 amide bonds. The van der Waals surface area contributed by atoms with E-state index in [9.17, 15) is 0 Å². The molecule has 1 nitrogen and oxygen atoms in total. The largest absolute Gasteiger partial charge is 0.356 e. The molecule has 1 heteroatoms. The fourth-order valence-corrected chi connectivity index (χ4v) is 3.10. The average molecular weight is 366 g/mol. The van der Waals surface area contributed by atoms with Gasteiger partial charge < -0.3 is 5.32 Å². The lowest BCUT2D eigenvalue weighted by Gasteiger charge is -2.10. The van der Waals surface area contributed by atoms with Gasteiger partial charge in [0.1, 0.15) is 0 Å². The van der Waals surface area contributed by atoms with Gasteiger partial charge in [0.25, 0.3) is 0 Å². The van der Waals surface area contributed by atoms with Crippen LogP contribution >= 0.6 is 0 Å². The Morgan fingerprint density at radius 2 is 1.14 bits per heavy atom. The Bertz CT molecular complexity index is 943. The highest BCUT2D eigenvalue weighted by atomic mass is 14.9. The quantitative estimate of drug-likeness (QED) is 0.493. The molecule has 1 aliphatic rings. The van der Waals surface area contributed by atoms with Gasteiger partial charge in [0, 0.05) is 11.4 Å². The van der Waals surface area contributed by atoms with Crippen LogP contribution in [0.1, 0.15) is 25.8 Å². The van der Waals surface area contributed by atoms with Gasteiger partial charge in [-0.3, -0.25) is 0 Å². The first-order chi connectivity index (χ1) is 13.9. The van der Waals surface area contributed by atoms with Crippen LogP contribution in [0.5, 0.6) is 0 Å². The summed E-state index contributed by atoms with van der Waals surface area (Å²) in [6, 6.07) is 27.6. The monoisotopic (exact) mass is 365 g/mol. The van der Waals surface area contributed by atoms with E-state index in [-0.39, 0.29) is 0 Å². The lowest BCUT2D eigenvalue weighted by atomic mass is 10.0. The third-order valence-electron chi connectivity index (χ3n) is 4.53. The number of allylic oxidation sites excluding steroid dienone is 6. The second-order valence-corrected chi connectivity index (χ2v) is 6.35. The Morgan fingerprint density at radius 1 is 0.571 bits per heavy atom. The molecule has 4 rings (SSSR count). The van der Waals surface area contributed by atoms with E-state index >= 15 is 0 Å². The zero-order chi connectivity index (χ0) is 19.6. The molecule has 0 saturated heterocycles. The molecule has 1 N–H and O–H groups in total. The topological polar surface area (TPSA) is 12.0 Å². The summed E-state index contributed by atoms with van der Waals surface area (Å²) in [7, 11) is 0. The van der Waals surface area contributed by atoms with Crippen LogP contribution in [0.4, 0.5) is 11.4 Å². The van der Waals surface area contributed by atoms with Crippen molar-refractivity contribution in [3.8, 4) is 11.1 Å². The minimum absolute atomic E-state index is 0.973. The fraction of sp³-hybridized carbons (Fsp3) is 0.111. The summed E-state index contributed by atoms with van der Waals surface area (Å²) < 4.78 is 0. The van der Waals surface area contributed by atoms with Gasteiger partial charge in [0.2, 0.25) is 0 Å². The van der Waals surface area contributed by atoms with Gasteiger partial charge in [0.05, 0.1) is 0 Å². The van der Waals surface area contributed by atoms with Crippen molar-refractivity contribution in [2.75, 3.05) is 5.32 Å². The maximum atomic E-state index is 3.48. The Kier molecular flexibility index (Phi) is 7.03. The summed E-state index contributed by atoms with van der Waals surface area (Å²) in [6.45, 7) is 4.00. The highest BCUT2D eigenvalue weighted by molar-refractivity contribution is 5.72. The number of rotatable bonds is 4. The summed E-state index contributed by atoms with van der Waals surface area (Å²) in [5, 5.41) is 3.48. The number of hydrogen-bond acceptors (Lipinski definition) is 1. The second kappa shape index (κ2) is 10.1. The van der Waals surface area contributed by atoms with Crippen LogP contribution in [0, 0.1) is 0 Å². The Labute approximate surface area is 168 Å². The highest BCUT2D eigenvalue weighted by Crippen LogP contribution is 2.25. The fourth-order valence-electron chi connectivity index (χ4n) is 3.10. The van der Waals surface area contributed by atoms with Crippen LogP contribution in [0.15, 0.2) is 109 Å². The molecule has 3 aromatic rings. The third kappa shape index (κ3) is 5.11. The number of benzene rings is 3. The molecular weight excluding hydrogens is 338 g/mol. The van der Waals surface area contributed by atoms with Crippen LogP contribution in [0.25, 0.3) is 16.7 Å². The predicted octanol–water partition coefficient (Wildman–Crippen LogP) is 8.02. The van der Waals surface area contributed by atoms with Gasteiger partial charge in [-0.05, 0) is 52.9 Å². The molecule has 140 valence electrons. The van der Waals surface area contributed by atoms with Gasteiger partial charge in [-0.15, -0.1) is 0 Å². The standard InChI is InChI=1S/C25H21N.C2H6/c1-2-5-9-20(8-4-1)22-12-16-24(17-13-22)26-25-18-14-23(15-19-25)21-10-6-3-7-11-21;1-2/h1-8,10-19,26H,9H2;1-2H3. The van der Waals surface area contributed by atoms with Crippen molar-refractivity contribution in [1.82, 2.24) is 0 Å². The van der Waals surface area contributed by atoms with Crippen molar-refractivity contribution < 1.29 is 0 Å². The molecule has 0 saturated carbocycles. The Morgan fingerprint density at radius 3 is 1.79 bits per heavy atom. The minimum atomic E-state index is 0.973. The maximum absolute atomic E-state index is 3.48. The van der Waals surface area contributed by atoms with E-state index in [0.717, 1.165) is 17.8 Å². The van der Waals surface area contributed by atoms with Crippen molar-refractivity contribution in [2.24, 2.45) is 0 Å². The normalized spacial score (nSPS) is 12.4. The van der Waals surface area contributed by atoms with Crippen LogP contribution < -0.4 is 5.32 Å². The summed E-state index contributed by atoms with van der Waals surface area (Å²) in [5.41, 5.74) is 7.27. The zero-order valence-electron chi connectivity index (χ0n) is 16.6. The van der Waals surface area contributed by atoms with E-state index < -0.39 is 0 Å². The van der Waals surface area contributed by atoms with Crippen molar-refractivity contribution in [3.63, 3.8) is 0 Å². The van der Waals surface area contributed by atoms with Gasteiger partial charge >= 0.3 is 0 Å². The molecule has 0 bridgehead atoms. The first-order valence-electron chi connectivity index (χ1n) is 9.94. The van der Waals surface area contributed by atoms with Gasteiger partial charge in [-0.1, -0.05) is 98.8 Å². The van der Waals surface area contributed by atoms with E-state index in [0.29, 0.717) is 0 Å². The minimum Gasteiger partial charge on any atom is -0.356 e. The third-order valence-corrected chi connectivity index (χ3v) is 4.53. The summed E-state index contributed by atoms with van der Waals surface area (Å²) >= 11 is 0. The van der Waals surface area contributed by atoms with E-state index in [1.165, 1.54) is 22.3 Å². The van der Waals surface area contributed by atoms with Gasteiger partial charge in [-0.25, -0.2) is 0 Å². The maximum Gasteiger partial charge on any atom is 0.0384 e. The highest BCUT2D eigenvalue weighted by Gasteiger charge is 2.02. The molecule has 0 aliphatic heterocycles. The van der Waals surface area contributed by atoms with Crippen LogP contribution in [-0.4, -0.2) is 0 Å². The molecule has 0 spiro atoms. The first-order valence-corrected chi connectivity index (χ1v) is 9.94. The van der Waals surface area contributed by atoms with Crippen molar-refractivity contribution >= 4 is 16.9 Å². The summed E-state index contributed by atoms with van der Waals surface area (Å²) in [4.78, 5) is 0. The van der Waals surface area contributed by atoms with Gasteiger partial charge in [0.15, 0.2) is 0 Å². The van der Waals surface area contributed by atoms with E-state index in [1.807, 2.05) is 19.9 Å². The van der Waals surface area contributed by atoms with Crippen LogP contribution in [0.3, 0.4) is 0 Å². The molecule has 28 heavy (non-hydrogen) atoms. The molecule has 0 atom stereocenters. The number of hydrogen-bond donors (Lipinski definition) is 1. The first kappa shape index (κ1) is 19.4. The summed E-state index contributed by atoms with van der Waals surface area (Å²) in [6.07, 6.45) is 11.6. The molecule has 0 radical (unpaired) electrons. The lowest BCUT2D eigenvalue weighted by Crippen LogP contribution is -1.91. The molecule has 1 aliphatic carbocycles. The van der Waals surface area contributed by atoms with Crippen molar-refractivity contribution in [3.05, 3.63) is 115 Å². The lowest BCUT2D eigenvalue weighted by molar-refractivity contribution is 1.39. The molecule has 0 unspecified atom stereocenters. The molecule has 0 aromatic heterocycles. The number of nitrogens with one attached hydrogen (secondary N) is 1. The van der Waals surface area contributed by atoms with Crippen LogP contribution in [-0.2, 0) is 0 Å². The van der Waals surface area contributed by atoms with E-state index in [2.05, 4.69) is 108 Å². The predicted molar refractivity (Wildman–Crippen MR) is 124 cm³/mol. The summed E-state index contributed by atoms with van der Waals surface area (Å²) in [5.74, 6) is 0. The zero-order valence-corrected chi connectivity index (χ0v) is 16.6. The number of anilines is 2. The Hall–Kier alpha value is -3.32. The smallest absolute Gasteiger partial charge is 0.0384 e. The average Bonchev–Trinajstić information content (AvgIpc) is 3.07. The SMILES string of the molecule is C1=CC=C(c2ccc(Nc3ccc(-c4ccccc4)cc3)cc2)CC=C1.CC. The molecule has 0 fully saturated rings. The molecule has 3 aromatic carbocycles. The van der Waals surface area contributed by atoms with E-state index in [4.69, 9.17) is 0 Å². The Balaban J connectivity index is 0.00000109. The second-order valence-electron chi connectivity index (χ2n) is 6.35. The van der Waals surface area contributed by atoms with E-state index in [1.54, 1.807) is 0 Å². The van der Waals surface area contributed by atoms with Crippen molar-refractivity contribution in [2.45, 2.75) is 20.3 Å². The molecule has 0 heterocycles. The molecular formula is C27H27N.